The van der Waals surface area contributed by atoms with Crippen molar-refractivity contribution in [3.63, 3.8) is 0 Å². The summed E-state index contributed by atoms with van der Waals surface area (Å²) >= 11 is 1.75. The number of ketones is 1. The summed E-state index contributed by atoms with van der Waals surface area (Å²) in [5, 5.41) is 4.06. The number of nitrogens with one attached hydrogen (secondary N) is 1. The van der Waals surface area contributed by atoms with Crippen LogP contribution < -0.4 is 5.32 Å². The molecule has 1 aliphatic rings. The quantitative estimate of drug-likeness (QED) is 0.588. The predicted octanol–water partition coefficient (Wildman–Crippen LogP) is 2.73. The van der Waals surface area contributed by atoms with Crippen molar-refractivity contribution in [1.29, 1.82) is 0 Å². The van der Waals surface area contributed by atoms with Gasteiger partial charge in [0.2, 0.25) is 5.91 Å². The number of aromatic nitrogens is 1. The molecular formula is C24H28N4O2S. The summed E-state index contributed by atoms with van der Waals surface area (Å²) in [6, 6.07) is 17.6. The lowest BCUT2D eigenvalue weighted by molar-refractivity contribution is -0.127. The number of rotatable bonds is 8. The molecule has 1 fully saturated rings. The Labute approximate surface area is 186 Å². The van der Waals surface area contributed by atoms with Crippen LogP contribution in [0.4, 0.5) is 0 Å². The fourth-order valence-electron chi connectivity index (χ4n) is 3.87. The van der Waals surface area contributed by atoms with Gasteiger partial charge in [0.25, 0.3) is 0 Å². The van der Waals surface area contributed by atoms with Gasteiger partial charge >= 0.3 is 0 Å². The Bertz CT molecular complexity index is 995. The van der Waals surface area contributed by atoms with Crippen LogP contribution in [0.15, 0.2) is 54.6 Å². The van der Waals surface area contributed by atoms with E-state index in [4.69, 9.17) is 4.98 Å². The molecule has 6 nitrogen and oxygen atoms in total. The zero-order valence-electron chi connectivity index (χ0n) is 17.8. The molecule has 0 spiro atoms. The van der Waals surface area contributed by atoms with Crippen molar-refractivity contribution in [2.75, 3.05) is 32.7 Å². The van der Waals surface area contributed by atoms with E-state index in [2.05, 4.69) is 27.2 Å². The van der Waals surface area contributed by atoms with E-state index in [-0.39, 0.29) is 11.7 Å². The first-order valence-corrected chi connectivity index (χ1v) is 11.5. The summed E-state index contributed by atoms with van der Waals surface area (Å²) < 4.78 is 1.23. The molecule has 0 bridgehead atoms. The molecule has 2 aromatic carbocycles. The third-order valence-electron chi connectivity index (χ3n) is 5.64. The monoisotopic (exact) mass is 436 g/mol. The Morgan fingerprint density at radius 1 is 1.00 bits per heavy atom. The second-order valence-electron chi connectivity index (χ2n) is 8.05. The number of nitrogens with zero attached hydrogens (tertiary/aromatic N) is 3. The van der Waals surface area contributed by atoms with Crippen LogP contribution in [0.25, 0.3) is 10.2 Å². The van der Waals surface area contributed by atoms with Crippen molar-refractivity contribution >= 4 is 33.2 Å². The molecule has 0 aliphatic carbocycles. The third kappa shape index (κ3) is 5.97. The zero-order chi connectivity index (χ0) is 21.6. The number of para-hydroxylation sites is 1. The average molecular weight is 437 g/mol. The number of piperazine rings is 1. The Hall–Kier alpha value is -2.61. The second kappa shape index (κ2) is 10.1. The second-order valence-corrected chi connectivity index (χ2v) is 9.16. The molecule has 1 aliphatic heterocycles. The SMILES string of the molecule is CC(=O)[C@H](Cc1ccccc1)NC(=O)CN1CCN(Cc2nc3ccccc3s2)CC1. The zero-order valence-corrected chi connectivity index (χ0v) is 18.6. The van der Waals surface area contributed by atoms with Gasteiger partial charge in [0.05, 0.1) is 29.3 Å². The first-order chi connectivity index (χ1) is 15.1. The van der Waals surface area contributed by atoms with Gasteiger partial charge in [-0.25, -0.2) is 4.98 Å². The highest BCUT2D eigenvalue weighted by atomic mass is 32.1. The molecule has 7 heteroatoms. The molecule has 2 heterocycles. The number of thiazole rings is 1. The fourth-order valence-corrected chi connectivity index (χ4v) is 4.88. The lowest BCUT2D eigenvalue weighted by atomic mass is 10.0. The van der Waals surface area contributed by atoms with Gasteiger partial charge in [-0.2, -0.15) is 0 Å². The molecule has 1 aromatic heterocycles. The van der Waals surface area contributed by atoms with E-state index < -0.39 is 6.04 Å². The number of hydrogen-bond donors (Lipinski definition) is 1. The molecule has 1 N–H and O–H groups in total. The van der Waals surface area contributed by atoms with Gasteiger partial charge < -0.3 is 5.32 Å². The number of carbonyl (C=O) groups excluding carboxylic acids is 2. The average Bonchev–Trinajstić information content (AvgIpc) is 3.17. The number of fused-ring (bicyclic) bond motifs is 1. The number of amides is 1. The van der Waals surface area contributed by atoms with Crippen LogP contribution in [-0.4, -0.2) is 65.2 Å². The summed E-state index contributed by atoms with van der Waals surface area (Å²) in [5.41, 5.74) is 2.11. The smallest absolute Gasteiger partial charge is 0.234 e. The molecule has 0 saturated carbocycles. The standard InChI is InChI=1S/C24H28N4O2S/c1-18(29)21(15-19-7-3-2-4-8-19)25-23(30)16-27-11-13-28(14-12-27)17-24-26-20-9-5-6-10-22(20)31-24/h2-10,21H,11-17H2,1H3,(H,25,30)/t21-/m0/s1. The molecule has 1 atom stereocenters. The number of Topliss-reactive ketones (excluding diaryl/α,β-unsaturated/α-hetero) is 1. The van der Waals surface area contributed by atoms with Crippen LogP contribution in [0.5, 0.6) is 0 Å². The summed E-state index contributed by atoms with van der Waals surface area (Å²) in [6.45, 7) is 6.20. The van der Waals surface area contributed by atoms with Gasteiger partial charge in [-0.3, -0.25) is 19.4 Å². The van der Waals surface area contributed by atoms with Gasteiger partial charge in [0.1, 0.15) is 5.01 Å². The minimum atomic E-state index is -0.477. The number of carbonyl (C=O) groups is 2. The Kier molecular flexibility index (Phi) is 7.06. The normalized spacial score (nSPS) is 16.3. The number of benzene rings is 2. The maximum Gasteiger partial charge on any atom is 0.234 e. The van der Waals surface area contributed by atoms with Crippen LogP contribution >= 0.6 is 11.3 Å². The topological polar surface area (TPSA) is 65.5 Å². The van der Waals surface area contributed by atoms with Crippen molar-refractivity contribution in [3.8, 4) is 0 Å². The lowest BCUT2D eigenvalue weighted by Gasteiger charge is -2.34. The van der Waals surface area contributed by atoms with Crippen LogP contribution in [0.2, 0.25) is 0 Å². The summed E-state index contributed by atoms with van der Waals surface area (Å²) in [7, 11) is 0. The first-order valence-electron chi connectivity index (χ1n) is 10.7. The molecule has 0 radical (unpaired) electrons. The van der Waals surface area contributed by atoms with Crippen LogP contribution in [0.3, 0.4) is 0 Å². The van der Waals surface area contributed by atoms with Gasteiger partial charge in [-0.15, -0.1) is 11.3 Å². The largest absolute Gasteiger partial charge is 0.345 e. The molecule has 1 amide bonds. The van der Waals surface area contributed by atoms with Crippen molar-refractivity contribution in [2.45, 2.75) is 25.9 Å². The third-order valence-corrected chi connectivity index (χ3v) is 6.66. The van der Waals surface area contributed by atoms with Crippen LogP contribution in [-0.2, 0) is 22.6 Å². The van der Waals surface area contributed by atoms with Crippen molar-refractivity contribution in [1.82, 2.24) is 20.1 Å². The van der Waals surface area contributed by atoms with Crippen molar-refractivity contribution < 1.29 is 9.59 Å². The van der Waals surface area contributed by atoms with Gasteiger partial charge in [-0.1, -0.05) is 42.5 Å². The van der Waals surface area contributed by atoms with Crippen LogP contribution in [0.1, 0.15) is 17.5 Å². The van der Waals surface area contributed by atoms with E-state index in [9.17, 15) is 9.59 Å². The van der Waals surface area contributed by atoms with Gasteiger partial charge in [-0.05, 0) is 31.0 Å². The minimum absolute atomic E-state index is 0.0159. The maximum absolute atomic E-state index is 12.6. The number of hydrogen-bond acceptors (Lipinski definition) is 6. The highest BCUT2D eigenvalue weighted by molar-refractivity contribution is 7.18. The van der Waals surface area contributed by atoms with Crippen molar-refractivity contribution in [2.24, 2.45) is 0 Å². The van der Waals surface area contributed by atoms with Crippen molar-refractivity contribution in [3.05, 3.63) is 65.2 Å². The van der Waals surface area contributed by atoms with E-state index in [0.29, 0.717) is 13.0 Å². The van der Waals surface area contributed by atoms with E-state index in [0.717, 1.165) is 48.8 Å². The highest BCUT2D eigenvalue weighted by Gasteiger charge is 2.22. The Morgan fingerprint density at radius 3 is 2.39 bits per heavy atom. The highest BCUT2D eigenvalue weighted by Crippen LogP contribution is 2.23. The predicted molar refractivity (Wildman–Crippen MR) is 124 cm³/mol. The summed E-state index contributed by atoms with van der Waals surface area (Å²) in [4.78, 5) is 33.8. The molecular weight excluding hydrogens is 408 g/mol. The minimum Gasteiger partial charge on any atom is -0.345 e. The van der Waals surface area contributed by atoms with E-state index in [1.54, 1.807) is 11.3 Å². The van der Waals surface area contributed by atoms with Gasteiger partial charge in [0.15, 0.2) is 5.78 Å². The fraction of sp³-hybridized carbons (Fsp3) is 0.375. The lowest BCUT2D eigenvalue weighted by Crippen LogP contribution is -2.51. The van der Waals surface area contributed by atoms with Gasteiger partial charge in [0, 0.05) is 26.2 Å². The first kappa shape index (κ1) is 21.6. The molecule has 4 rings (SSSR count). The summed E-state index contributed by atoms with van der Waals surface area (Å²) in [5.74, 6) is -0.103. The van der Waals surface area contributed by atoms with E-state index >= 15 is 0 Å². The molecule has 1 saturated heterocycles. The Morgan fingerprint density at radius 2 is 1.68 bits per heavy atom. The molecule has 162 valence electrons. The molecule has 3 aromatic rings. The van der Waals surface area contributed by atoms with Crippen LogP contribution in [0, 0.1) is 0 Å². The molecule has 0 unspecified atom stereocenters. The summed E-state index contributed by atoms with van der Waals surface area (Å²) in [6.07, 6.45) is 0.526. The molecule has 31 heavy (non-hydrogen) atoms. The van der Waals surface area contributed by atoms with E-state index in [1.807, 2.05) is 42.5 Å². The Balaban J connectivity index is 1.24. The maximum atomic E-state index is 12.6. The van der Waals surface area contributed by atoms with E-state index in [1.165, 1.54) is 11.6 Å².